The van der Waals surface area contributed by atoms with Gasteiger partial charge in [0.05, 0.1) is 6.33 Å². The van der Waals surface area contributed by atoms with E-state index in [4.69, 9.17) is 0 Å². The second-order valence-electron chi connectivity index (χ2n) is 9.31. The normalized spacial score (nSPS) is 27.7. The fraction of sp³-hybridized carbons (Fsp3) is 0.818. The van der Waals surface area contributed by atoms with E-state index in [2.05, 4.69) is 19.8 Å². The predicted octanol–water partition coefficient (Wildman–Crippen LogP) is 3.63. The minimum absolute atomic E-state index is 0.341. The van der Waals surface area contributed by atoms with Crippen molar-refractivity contribution in [1.82, 2.24) is 19.8 Å². The number of hydrogen-bond acceptors (Lipinski definition) is 3. The summed E-state index contributed by atoms with van der Waals surface area (Å²) in [7, 11) is 0. The molecule has 0 radical (unpaired) electrons. The number of carbonyl (C=O) groups excluding carboxylic acids is 1. The van der Waals surface area contributed by atoms with E-state index in [0.29, 0.717) is 11.3 Å². The number of aromatic nitrogens is 2. The highest BCUT2D eigenvalue weighted by molar-refractivity contribution is 5.77. The molecule has 1 unspecified atom stereocenters. The lowest BCUT2D eigenvalue weighted by Crippen LogP contribution is -2.54. The molecule has 3 fully saturated rings. The van der Waals surface area contributed by atoms with Gasteiger partial charge in [0, 0.05) is 49.8 Å². The lowest BCUT2D eigenvalue weighted by Gasteiger charge is -2.48. The minimum atomic E-state index is 0.341. The van der Waals surface area contributed by atoms with Crippen LogP contribution >= 0.6 is 0 Å². The molecule has 0 aromatic carbocycles. The zero-order chi connectivity index (χ0) is 18.5. The third-order valence-electron chi connectivity index (χ3n) is 7.26. The number of piperidine rings is 2. The fourth-order valence-corrected chi connectivity index (χ4v) is 5.72. The summed E-state index contributed by atoms with van der Waals surface area (Å²) in [6.45, 7) is 5.50. The Hall–Kier alpha value is -1.36. The van der Waals surface area contributed by atoms with Crippen LogP contribution in [0.25, 0.3) is 0 Å². The van der Waals surface area contributed by atoms with Gasteiger partial charge in [-0.2, -0.15) is 0 Å². The first kappa shape index (κ1) is 19.0. The van der Waals surface area contributed by atoms with Gasteiger partial charge in [0.1, 0.15) is 0 Å². The molecule has 5 nitrogen and oxygen atoms in total. The number of nitrogens with zero attached hydrogens (tertiary/aromatic N) is 3. The van der Waals surface area contributed by atoms with Crippen LogP contribution < -0.4 is 0 Å². The average molecular weight is 373 g/mol. The van der Waals surface area contributed by atoms with E-state index in [9.17, 15) is 4.79 Å². The van der Waals surface area contributed by atoms with Crippen molar-refractivity contribution in [2.45, 2.75) is 70.6 Å². The van der Waals surface area contributed by atoms with Crippen LogP contribution in [-0.4, -0.2) is 58.4 Å². The van der Waals surface area contributed by atoms with Crippen molar-refractivity contribution >= 4 is 5.91 Å². The van der Waals surface area contributed by atoms with Crippen molar-refractivity contribution in [1.29, 1.82) is 0 Å². The molecule has 1 N–H and O–H groups in total. The maximum atomic E-state index is 12.5. The Labute approximate surface area is 163 Å². The fourth-order valence-electron chi connectivity index (χ4n) is 5.72. The Morgan fingerprint density at radius 3 is 2.85 bits per heavy atom. The van der Waals surface area contributed by atoms with E-state index in [1.54, 1.807) is 6.33 Å². The van der Waals surface area contributed by atoms with Gasteiger partial charge >= 0.3 is 0 Å². The lowest BCUT2D eigenvalue weighted by molar-refractivity contribution is -0.139. The highest BCUT2D eigenvalue weighted by Gasteiger charge is 2.41. The Morgan fingerprint density at radius 2 is 2.04 bits per heavy atom. The van der Waals surface area contributed by atoms with Crippen LogP contribution in [0.5, 0.6) is 0 Å². The van der Waals surface area contributed by atoms with Gasteiger partial charge in [-0.3, -0.25) is 4.79 Å². The molecule has 1 aliphatic carbocycles. The SMILES string of the molecule is O=C1CCC2(CCCN(CCCC3CCCC3)C2)CN1CCc1cnc[nH]1. The summed E-state index contributed by atoms with van der Waals surface area (Å²) in [5, 5.41) is 0. The van der Waals surface area contributed by atoms with E-state index in [-0.39, 0.29) is 0 Å². The van der Waals surface area contributed by atoms with Gasteiger partial charge < -0.3 is 14.8 Å². The van der Waals surface area contributed by atoms with Crippen molar-refractivity contribution in [2.24, 2.45) is 11.3 Å². The zero-order valence-electron chi connectivity index (χ0n) is 16.8. The second kappa shape index (κ2) is 8.76. The Kier molecular flexibility index (Phi) is 6.16. The quantitative estimate of drug-likeness (QED) is 0.795. The lowest BCUT2D eigenvalue weighted by atomic mass is 9.73. The van der Waals surface area contributed by atoms with Crippen LogP contribution in [0.1, 0.15) is 69.9 Å². The molecule has 3 aliphatic rings. The topological polar surface area (TPSA) is 52.2 Å². The third kappa shape index (κ3) is 4.92. The van der Waals surface area contributed by atoms with Gasteiger partial charge in [-0.1, -0.05) is 25.7 Å². The second-order valence-corrected chi connectivity index (χ2v) is 9.31. The minimum Gasteiger partial charge on any atom is -0.348 e. The van der Waals surface area contributed by atoms with Gasteiger partial charge in [-0.05, 0) is 51.1 Å². The molecule has 1 spiro atoms. The van der Waals surface area contributed by atoms with E-state index >= 15 is 0 Å². The summed E-state index contributed by atoms with van der Waals surface area (Å²) < 4.78 is 0. The van der Waals surface area contributed by atoms with E-state index in [1.165, 1.54) is 71.0 Å². The molecule has 2 saturated heterocycles. The number of hydrogen-bond donors (Lipinski definition) is 1. The van der Waals surface area contributed by atoms with Crippen molar-refractivity contribution in [3.05, 3.63) is 18.2 Å². The molecule has 2 aliphatic heterocycles. The van der Waals surface area contributed by atoms with Crippen LogP contribution in [0.3, 0.4) is 0 Å². The summed E-state index contributed by atoms with van der Waals surface area (Å²) >= 11 is 0. The van der Waals surface area contributed by atoms with Gasteiger partial charge in [0.2, 0.25) is 5.91 Å². The number of imidazole rings is 1. The molecule has 1 saturated carbocycles. The molecular weight excluding hydrogens is 336 g/mol. The largest absolute Gasteiger partial charge is 0.348 e. The summed E-state index contributed by atoms with van der Waals surface area (Å²) in [4.78, 5) is 24.6. The molecule has 1 aromatic rings. The average Bonchev–Trinajstić information content (AvgIpc) is 3.37. The molecule has 27 heavy (non-hydrogen) atoms. The van der Waals surface area contributed by atoms with Gasteiger partial charge in [0.25, 0.3) is 0 Å². The molecule has 0 bridgehead atoms. The molecule has 1 amide bonds. The van der Waals surface area contributed by atoms with E-state index in [0.717, 1.165) is 44.0 Å². The van der Waals surface area contributed by atoms with Crippen molar-refractivity contribution in [2.75, 3.05) is 32.7 Å². The summed E-state index contributed by atoms with van der Waals surface area (Å²) in [5.74, 6) is 1.35. The number of carbonyl (C=O) groups is 1. The van der Waals surface area contributed by atoms with Gasteiger partial charge in [0.15, 0.2) is 0 Å². The number of nitrogens with one attached hydrogen (secondary N) is 1. The smallest absolute Gasteiger partial charge is 0.222 e. The van der Waals surface area contributed by atoms with Crippen LogP contribution in [0.4, 0.5) is 0 Å². The highest BCUT2D eigenvalue weighted by Crippen LogP contribution is 2.39. The zero-order valence-corrected chi connectivity index (χ0v) is 16.8. The Morgan fingerprint density at radius 1 is 1.15 bits per heavy atom. The van der Waals surface area contributed by atoms with E-state index in [1.807, 2.05) is 6.20 Å². The monoisotopic (exact) mass is 372 g/mol. The number of aromatic amines is 1. The number of amides is 1. The first-order valence-electron chi connectivity index (χ1n) is 11.2. The van der Waals surface area contributed by atoms with Crippen molar-refractivity contribution in [3.63, 3.8) is 0 Å². The molecular formula is C22H36N4O. The number of H-pyrrole nitrogens is 1. The highest BCUT2D eigenvalue weighted by atomic mass is 16.2. The summed E-state index contributed by atoms with van der Waals surface area (Å²) in [6.07, 6.45) is 17.5. The van der Waals surface area contributed by atoms with E-state index < -0.39 is 0 Å². The predicted molar refractivity (Wildman–Crippen MR) is 107 cm³/mol. The Bertz CT molecular complexity index is 595. The molecule has 3 heterocycles. The van der Waals surface area contributed by atoms with Gasteiger partial charge in [-0.25, -0.2) is 4.98 Å². The Balaban J connectivity index is 1.27. The first-order chi connectivity index (χ1) is 13.2. The molecule has 4 rings (SSSR count). The van der Waals surface area contributed by atoms with Crippen LogP contribution in [-0.2, 0) is 11.2 Å². The third-order valence-corrected chi connectivity index (χ3v) is 7.26. The first-order valence-corrected chi connectivity index (χ1v) is 11.2. The summed E-state index contributed by atoms with van der Waals surface area (Å²) in [5.41, 5.74) is 1.47. The standard InChI is InChI=1S/C22H36N4O/c27-21-8-11-22(17-26(21)14-9-20-15-23-18-24-20)10-4-13-25(16-22)12-3-7-19-5-1-2-6-19/h15,18-19H,1-14,16-17H2,(H,23,24). The van der Waals surface area contributed by atoms with Gasteiger partial charge in [-0.15, -0.1) is 0 Å². The maximum Gasteiger partial charge on any atom is 0.222 e. The molecule has 1 atom stereocenters. The number of likely N-dealkylation sites (tertiary alicyclic amines) is 2. The number of rotatable bonds is 7. The van der Waals surface area contributed by atoms with Crippen molar-refractivity contribution < 1.29 is 4.79 Å². The van der Waals surface area contributed by atoms with Crippen LogP contribution in [0, 0.1) is 11.3 Å². The molecule has 150 valence electrons. The maximum absolute atomic E-state index is 12.5. The molecule has 1 aromatic heterocycles. The summed E-state index contributed by atoms with van der Waals surface area (Å²) in [6, 6.07) is 0. The van der Waals surface area contributed by atoms with Crippen molar-refractivity contribution in [3.8, 4) is 0 Å². The molecule has 5 heteroatoms. The van der Waals surface area contributed by atoms with Crippen LogP contribution in [0.2, 0.25) is 0 Å². The van der Waals surface area contributed by atoms with Crippen LogP contribution in [0.15, 0.2) is 12.5 Å².